The van der Waals surface area contributed by atoms with Crippen molar-refractivity contribution in [2.45, 2.75) is 33.4 Å². The van der Waals surface area contributed by atoms with Gasteiger partial charge >= 0.3 is 0 Å². The fourth-order valence-corrected chi connectivity index (χ4v) is 3.43. The molecule has 0 atom stereocenters. The molecule has 3 aromatic rings. The maximum Gasteiger partial charge on any atom is 0.227 e. The zero-order chi connectivity index (χ0) is 19.6. The van der Waals surface area contributed by atoms with Crippen molar-refractivity contribution in [3.8, 4) is 0 Å². The first-order valence-corrected chi connectivity index (χ1v) is 9.85. The van der Waals surface area contributed by atoms with Crippen LogP contribution in [0.3, 0.4) is 0 Å². The summed E-state index contributed by atoms with van der Waals surface area (Å²) in [6.45, 7) is 4.74. The van der Waals surface area contributed by atoms with E-state index in [0.29, 0.717) is 35.4 Å². The van der Waals surface area contributed by atoms with E-state index in [1.165, 1.54) is 0 Å². The van der Waals surface area contributed by atoms with Crippen molar-refractivity contribution in [1.29, 1.82) is 0 Å². The number of anilines is 1. The first-order chi connectivity index (χ1) is 12.8. The molecule has 9 heteroatoms. The lowest BCUT2D eigenvalue weighted by atomic mass is 10.2. The maximum absolute atomic E-state index is 12.2. The number of halogens is 3. The van der Waals surface area contributed by atoms with Gasteiger partial charge in [0.15, 0.2) is 5.82 Å². The Kier molecular flexibility index (Phi) is 6.24. The fourth-order valence-electron chi connectivity index (χ4n) is 2.59. The van der Waals surface area contributed by atoms with Gasteiger partial charge < -0.3 is 5.32 Å². The number of rotatable bonds is 6. The molecule has 0 saturated heterocycles. The molecule has 0 spiro atoms. The molecule has 0 bridgehead atoms. The van der Waals surface area contributed by atoms with Crippen molar-refractivity contribution in [3.63, 3.8) is 0 Å². The maximum atomic E-state index is 12.2. The summed E-state index contributed by atoms with van der Waals surface area (Å²) >= 11 is 15.9. The van der Waals surface area contributed by atoms with E-state index in [1.807, 2.05) is 26.1 Å². The van der Waals surface area contributed by atoms with Gasteiger partial charge in [-0.1, -0.05) is 29.3 Å². The third-order valence-electron chi connectivity index (χ3n) is 4.07. The average Bonchev–Trinajstić information content (AvgIpc) is 3.11. The molecule has 0 aliphatic heterocycles. The van der Waals surface area contributed by atoms with Crippen LogP contribution in [0.5, 0.6) is 0 Å². The van der Waals surface area contributed by atoms with Crippen molar-refractivity contribution in [2.75, 3.05) is 5.32 Å². The largest absolute Gasteiger partial charge is 0.309 e. The Hall–Kier alpha value is -1.83. The number of aromatic nitrogens is 4. The summed E-state index contributed by atoms with van der Waals surface area (Å²) in [6.07, 6.45) is 2.16. The van der Waals surface area contributed by atoms with Gasteiger partial charge in [-0.2, -0.15) is 10.2 Å². The Labute approximate surface area is 175 Å². The van der Waals surface area contributed by atoms with Crippen LogP contribution in [0, 0.1) is 13.8 Å². The molecule has 0 radical (unpaired) electrons. The molecule has 6 nitrogen and oxygen atoms in total. The third-order valence-corrected chi connectivity index (χ3v) is 5.56. The summed E-state index contributed by atoms with van der Waals surface area (Å²) in [7, 11) is 0. The van der Waals surface area contributed by atoms with Gasteiger partial charge in [-0.3, -0.25) is 14.2 Å². The summed E-state index contributed by atoms with van der Waals surface area (Å²) in [4.78, 5) is 12.2. The lowest BCUT2D eigenvalue weighted by Gasteiger charge is -2.08. The van der Waals surface area contributed by atoms with Gasteiger partial charge in [-0.15, -0.1) is 0 Å². The predicted octanol–water partition coefficient (Wildman–Crippen LogP) is 4.84. The number of aryl methyl sites for hydroxylation is 3. The van der Waals surface area contributed by atoms with Crippen LogP contribution in [0.2, 0.25) is 10.0 Å². The molecule has 0 unspecified atom stereocenters. The second kappa shape index (κ2) is 8.46. The minimum atomic E-state index is -0.125. The molecule has 2 aromatic heterocycles. The van der Waals surface area contributed by atoms with Gasteiger partial charge in [0.2, 0.25) is 5.91 Å². The fraction of sp³-hybridized carbons (Fsp3) is 0.278. The summed E-state index contributed by atoms with van der Waals surface area (Å²) in [5.74, 6) is 0.373. The Morgan fingerprint density at radius 1 is 1.22 bits per heavy atom. The number of carbonyl (C=O) groups is 1. The van der Waals surface area contributed by atoms with Crippen LogP contribution in [0.25, 0.3) is 0 Å². The second-order valence-corrected chi connectivity index (χ2v) is 7.82. The van der Waals surface area contributed by atoms with Gasteiger partial charge in [-0.05, 0) is 41.9 Å². The highest BCUT2D eigenvalue weighted by Gasteiger charge is 2.12. The van der Waals surface area contributed by atoms with Gasteiger partial charge in [0.1, 0.15) is 0 Å². The standard InChI is InChI=1S/C18H18BrCl2N5O/c1-11-8-17(22-18(27)6-7-25-10-14(19)12(2)23-25)24-26(11)9-13-15(20)4-3-5-16(13)21/h3-5,8,10H,6-7,9H2,1-2H3,(H,22,24,27). The number of hydrogen-bond acceptors (Lipinski definition) is 3. The molecule has 0 fully saturated rings. The Morgan fingerprint density at radius 2 is 1.93 bits per heavy atom. The highest BCUT2D eigenvalue weighted by atomic mass is 79.9. The average molecular weight is 471 g/mol. The first kappa shape index (κ1) is 19.9. The Bertz CT molecular complexity index is 943. The van der Waals surface area contributed by atoms with E-state index in [0.717, 1.165) is 21.4 Å². The number of nitrogens with one attached hydrogen (secondary N) is 1. The normalized spacial score (nSPS) is 11.0. The van der Waals surface area contributed by atoms with E-state index in [1.54, 1.807) is 27.6 Å². The molecular formula is C18H18BrCl2N5O. The lowest BCUT2D eigenvalue weighted by molar-refractivity contribution is -0.116. The smallest absolute Gasteiger partial charge is 0.227 e. The van der Waals surface area contributed by atoms with Crippen molar-refractivity contribution in [1.82, 2.24) is 19.6 Å². The van der Waals surface area contributed by atoms with Gasteiger partial charge in [0, 0.05) is 46.5 Å². The van der Waals surface area contributed by atoms with Crippen LogP contribution < -0.4 is 5.32 Å². The summed E-state index contributed by atoms with van der Waals surface area (Å²) in [5, 5.41) is 12.7. The highest BCUT2D eigenvalue weighted by Crippen LogP contribution is 2.25. The SMILES string of the molecule is Cc1nn(CCC(=O)Nc2cc(C)n(Cc3c(Cl)cccc3Cl)n2)cc1Br. The Morgan fingerprint density at radius 3 is 2.56 bits per heavy atom. The van der Waals surface area contributed by atoms with E-state index < -0.39 is 0 Å². The van der Waals surface area contributed by atoms with E-state index in [4.69, 9.17) is 23.2 Å². The topological polar surface area (TPSA) is 64.7 Å². The molecule has 0 aliphatic carbocycles. The van der Waals surface area contributed by atoms with Crippen LogP contribution in [0.4, 0.5) is 5.82 Å². The highest BCUT2D eigenvalue weighted by molar-refractivity contribution is 9.10. The molecule has 2 heterocycles. The van der Waals surface area contributed by atoms with Crippen LogP contribution in [-0.4, -0.2) is 25.5 Å². The quantitative estimate of drug-likeness (QED) is 0.560. The van der Waals surface area contributed by atoms with Gasteiger partial charge in [-0.25, -0.2) is 0 Å². The van der Waals surface area contributed by atoms with Gasteiger partial charge in [0.25, 0.3) is 0 Å². The van der Waals surface area contributed by atoms with E-state index in [-0.39, 0.29) is 5.91 Å². The minimum absolute atomic E-state index is 0.125. The van der Waals surface area contributed by atoms with Crippen molar-refractivity contribution in [3.05, 3.63) is 61.9 Å². The molecular weight excluding hydrogens is 453 g/mol. The van der Waals surface area contributed by atoms with E-state index >= 15 is 0 Å². The zero-order valence-electron chi connectivity index (χ0n) is 14.8. The lowest BCUT2D eigenvalue weighted by Crippen LogP contribution is -2.15. The van der Waals surface area contributed by atoms with Crippen LogP contribution in [0.1, 0.15) is 23.4 Å². The predicted molar refractivity (Wildman–Crippen MR) is 110 cm³/mol. The van der Waals surface area contributed by atoms with Crippen molar-refractivity contribution < 1.29 is 4.79 Å². The molecule has 0 saturated carbocycles. The molecule has 27 heavy (non-hydrogen) atoms. The Balaban J connectivity index is 1.63. The molecule has 1 amide bonds. The van der Waals surface area contributed by atoms with Crippen LogP contribution in [-0.2, 0) is 17.9 Å². The van der Waals surface area contributed by atoms with Crippen molar-refractivity contribution >= 4 is 50.9 Å². The molecule has 1 N–H and O–H groups in total. The number of amides is 1. The number of nitrogens with zero attached hydrogens (tertiary/aromatic N) is 4. The summed E-state index contributed by atoms with van der Waals surface area (Å²) < 4.78 is 4.43. The number of carbonyl (C=O) groups excluding carboxylic acids is 1. The second-order valence-electron chi connectivity index (χ2n) is 6.15. The monoisotopic (exact) mass is 469 g/mol. The third kappa shape index (κ3) is 4.91. The summed E-state index contributed by atoms with van der Waals surface area (Å²) in [5.41, 5.74) is 2.58. The number of benzene rings is 1. The molecule has 3 rings (SSSR count). The van der Waals surface area contributed by atoms with Crippen molar-refractivity contribution in [2.24, 2.45) is 0 Å². The van der Waals surface area contributed by atoms with E-state index in [9.17, 15) is 4.79 Å². The first-order valence-electron chi connectivity index (χ1n) is 8.30. The van der Waals surface area contributed by atoms with Crippen LogP contribution >= 0.6 is 39.1 Å². The molecule has 0 aliphatic rings. The number of hydrogen-bond donors (Lipinski definition) is 1. The zero-order valence-corrected chi connectivity index (χ0v) is 17.9. The molecule has 1 aromatic carbocycles. The van der Waals surface area contributed by atoms with E-state index in [2.05, 4.69) is 31.4 Å². The van der Waals surface area contributed by atoms with Crippen LogP contribution in [0.15, 0.2) is 34.9 Å². The molecule has 142 valence electrons. The summed E-state index contributed by atoms with van der Waals surface area (Å²) in [6, 6.07) is 7.20. The minimum Gasteiger partial charge on any atom is -0.309 e. The van der Waals surface area contributed by atoms with Gasteiger partial charge in [0.05, 0.1) is 16.7 Å².